The van der Waals surface area contributed by atoms with Crippen LogP contribution in [-0.4, -0.2) is 28.5 Å². The van der Waals surface area contributed by atoms with Gasteiger partial charge in [0.25, 0.3) is 0 Å². The molecule has 5 heteroatoms. The first-order chi connectivity index (χ1) is 9.27. The van der Waals surface area contributed by atoms with Gasteiger partial charge in [0.2, 0.25) is 6.54 Å². The molecule has 98 valence electrons. The van der Waals surface area contributed by atoms with Crippen LogP contribution in [0.4, 0.5) is 0 Å². The van der Waals surface area contributed by atoms with E-state index in [9.17, 15) is 4.79 Å². The molecule has 2 aromatic heterocycles. The van der Waals surface area contributed by atoms with Crippen LogP contribution in [0.2, 0.25) is 0 Å². The summed E-state index contributed by atoms with van der Waals surface area (Å²) in [6.07, 6.45) is 4.01. The number of nitrogens with zero attached hydrogens (tertiary/aromatic N) is 3. The molecule has 0 aromatic carbocycles. The molecule has 2 rings (SSSR count). The Labute approximate surface area is 111 Å². The van der Waals surface area contributed by atoms with Gasteiger partial charge in [0.05, 0.1) is 18.3 Å². The van der Waals surface area contributed by atoms with E-state index in [0.717, 1.165) is 5.52 Å². The second-order valence-electron chi connectivity index (χ2n) is 4.09. The van der Waals surface area contributed by atoms with E-state index in [-0.39, 0.29) is 12.5 Å². The number of ether oxygens (including phenoxy) is 1. The average Bonchev–Trinajstić information content (AvgIpc) is 2.84. The molecule has 0 aliphatic heterocycles. The molecule has 19 heavy (non-hydrogen) atoms. The number of imidazole rings is 1. The smallest absolute Gasteiger partial charge is 0.316 e. The van der Waals surface area contributed by atoms with Crippen molar-refractivity contribution in [1.82, 2.24) is 9.38 Å². The van der Waals surface area contributed by atoms with E-state index in [2.05, 4.69) is 9.83 Å². The van der Waals surface area contributed by atoms with Crippen LogP contribution in [0.5, 0.6) is 0 Å². The van der Waals surface area contributed by atoms with Gasteiger partial charge in [0, 0.05) is 12.6 Å². The predicted molar refractivity (Wildman–Crippen MR) is 70.7 cm³/mol. The van der Waals surface area contributed by atoms with Crippen molar-refractivity contribution in [3.8, 4) is 0 Å². The Kier molecular flexibility index (Phi) is 4.14. The lowest BCUT2D eigenvalue weighted by Gasteiger charge is -2.12. The summed E-state index contributed by atoms with van der Waals surface area (Å²) in [4.78, 5) is 19.6. The maximum Gasteiger partial charge on any atom is 0.316 e. The molecule has 0 aliphatic rings. The van der Waals surface area contributed by atoms with Crippen LogP contribution in [0.25, 0.3) is 10.4 Å². The highest BCUT2D eigenvalue weighted by molar-refractivity contribution is 5.77. The van der Waals surface area contributed by atoms with Gasteiger partial charge in [-0.1, -0.05) is 6.07 Å². The quantitative estimate of drug-likeness (QED) is 0.610. The molecule has 0 fully saturated rings. The van der Waals surface area contributed by atoms with Crippen molar-refractivity contribution in [2.75, 3.05) is 13.2 Å². The van der Waals surface area contributed by atoms with Gasteiger partial charge in [-0.2, -0.15) is 0 Å². The summed E-state index contributed by atoms with van der Waals surface area (Å²) in [5.41, 5.74) is 0.926. The van der Waals surface area contributed by atoms with E-state index in [1.165, 1.54) is 0 Å². The van der Waals surface area contributed by atoms with Gasteiger partial charge in [0.15, 0.2) is 0 Å². The highest BCUT2D eigenvalue weighted by Gasteiger charge is 2.27. The SMILES string of the molecule is [C-]#[N+]CCC(C(=O)OCC)c1ncc2ccccn12. The molecule has 0 aliphatic carbocycles. The minimum atomic E-state index is -0.487. The fraction of sp³-hybridized carbons (Fsp3) is 0.357. The number of carbonyl (C=O) groups is 1. The number of carbonyl (C=O) groups excluding carboxylic acids is 1. The Bertz CT molecular complexity index is 612. The number of aromatic nitrogens is 2. The van der Waals surface area contributed by atoms with Crippen LogP contribution in [0, 0.1) is 6.57 Å². The van der Waals surface area contributed by atoms with Gasteiger partial charge in [0.1, 0.15) is 11.7 Å². The molecule has 2 heterocycles. The Morgan fingerprint density at radius 1 is 1.58 bits per heavy atom. The summed E-state index contributed by atoms with van der Waals surface area (Å²) >= 11 is 0. The molecule has 0 saturated carbocycles. The molecule has 0 N–H and O–H groups in total. The third kappa shape index (κ3) is 2.74. The number of esters is 1. The second kappa shape index (κ2) is 6.01. The molecular weight excluding hydrogens is 242 g/mol. The number of pyridine rings is 1. The number of hydrogen-bond acceptors (Lipinski definition) is 3. The van der Waals surface area contributed by atoms with Crippen LogP contribution in [0.3, 0.4) is 0 Å². The van der Waals surface area contributed by atoms with Crippen LogP contribution >= 0.6 is 0 Å². The minimum Gasteiger partial charge on any atom is -0.465 e. The van der Waals surface area contributed by atoms with Crippen molar-refractivity contribution in [2.45, 2.75) is 19.3 Å². The summed E-state index contributed by atoms with van der Waals surface area (Å²) in [6.45, 7) is 9.26. The average molecular weight is 257 g/mol. The van der Waals surface area contributed by atoms with Crippen molar-refractivity contribution in [2.24, 2.45) is 0 Å². The van der Waals surface area contributed by atoms with Gasteiger partial charge in [-0.15, -0.1) is 0 Å². The lowest BCUT2D eigenvalue weighted by Crippen LogP contribution is -2.19. The monoisotopic (exact) mass is 257 g/mol. The summed E-state index contributed by atoms with van der Waals surface area (Å²) in [7, 11) is 0. The predicted octanol–water partition coefficient (Wildman–Crippen LogP) is 2.29. The fourth-order valence-electron chi connectivity index (χ4n) is 2.01. The molecule has 5 nitrogen and oxygen atoms in total. The Hall–Kier alpha value is -2.35. The van der Waals surface area contributed by atoms with E-state index >= 15 is 0 Å². The van der Waals surface area contributed by atoms with E-state index in [0.29, 0.717) is 18.9 Å². The summed E-state index contributed by atoms with van der Waals surface area (Å²) in [5.74, 6) is -0.167. The van der Waals surface area contributed by atoms with Crippen molar-refractivity contribution >= 4 is 11.5 Å². The molecule has 0 spiro atoms. The highest BCUT2D eigenvalue weighted by atomic mass is 16.5. The molecule has 0 saturated heterocycles. The Morgan fingerprint density at radius 2 is 2.42 bits per heavy atom. The van der Waals surface area contributed by atoms with E-state index in [1.807, 2.05) is 28.8 Å². The largest absolute Gasteiger partial charge is 0.465 e. The van der Waals surface area contributed by atoms with Crippen molar-refractivity contribution < 1.29 is 9.53 Å². The third-order valence-electron chi connectivity index (χ3n) is 2.88. The minimum absolute atomic E-state index is 0.283. The lowest BCUT2D eigenvalue weighted by molar-refractivity contribution is -0.145. The zero-order valence-corrected chi connectivity index (χ0v) is 10.7. The topological polar surface area (TPSA) is 48.0 Å². The summed E-state index contributed by atoms with van der Waals surface area (Å²) < 4.78 is 6.95. The fourth-order valence-corrected chi connectivity index (χ4v) is 2.01. The Morgan fingerprint density at radius 3 is 3.16 bits per heavy atom. The highest BCUT2D eigenvalue weighted by Crippen LogP contribution is 2.21. The Balaban J connectivity index is 2.37. The van der Waals surface area contributed by atoms with Crippen LogP contribution in [0.15, 0.2) is 30.6 Å². The lowest BCUT2D eigenvalue weighted by atomic mass is 10.1. The van der Waals surface area contributed by atoms with E-state index in [1.54, 1.807) is 13.1 Å². The third-order valence-corrected chi connectivity index (χ3v) is 2.88. The van der Waals surface area contributed by atoms with Gasteiger partial charge in [-0.3, -0.25) is 4.79 Å². The maximum atomic E-state index is 12.0. The molecule has 1 unspecified atom stereocenters. The molecule has 1 atom stereocenters. The summed E-state index contributed by atoms with van der Waals surface area (Å²) in [5, 5.41) is 0. The summed E-state index contributed by atoms with van der Waals surface area (Å²) in [6, 6.07) is 5.72. The van der Waals surface area contributed by atoms with Crippen molar-refractivity contribution in [3.63, 3.8) is 0 Å². The second-order valence-corrected chi connectivity index (χ2v) is 4.09. The van der Waals surface area contributed by atoms with Crippen molar-refractivity contribution in [1.29, 1.82) is 0 Å². The first kappa shape index (κ1) is 13.1. The molecular formula is C14H15N3O2. The van der Waals surface area contributed by atoms with Gasteiger partial charge < -0.3 is 14.0 Å². The molecule has 0 radical (unpaired) electrons. The number of rotatable bonds is 5. The van der Waals surface area contributed by atoms with Crippen molar-refractivity contribution in [3.05, 3.63) is 47.8 Å². The number of hydrogen-bond donors (Lipinski definition) is 0. The maximum absolute atomic E-state index is 12.0. The standard InChI is InChI=1S/C14H15N3O2/c1-3-19-14(18)12(7-8-15-2)13-16-10-11-6-4-5-9-17(11)13/h4-6,9-10,12H,3,7-8H2,1H3. The first-order valence-corrected chi connectivity index (χ1v) is 6.19. The van der Waals surface area contributed by atoms with Crippen LogP contribution in [-0.2, 0) is 9.53 Å². The van der Waals surface area contributed by atoms with E-state index in [4.69, 9.17) is 11.3 Å². The van der Waals surface area contributed by atoms with Crippen LogP contribution < -0.4 is 0 Å². The molecule has 0 bridgehead atoms. The molecule has 0 amide bonds. The van der Waals surface area contributed by atoms with Gasteiger partial charge in [-0.05, 0) is 19.1 Å². The van der Waals surface area contributed by atoms with Crippen LogP contribution in [0.1, 0.15) is 25.1 Å². The zero-order valence-electron chi connectivity index (χ0n) is 10.7. The zero-order chi connectivity index (χ0) is 13.7. The molecule has 2 aromatic rings. The van der Waals surface area contributed by atoms with Gasteiger partial charge >= 0.3 is 5.97 Å². The van der Waals surface area contributed by atoms with E-state index < -0.39 is 5.92 Å². The normalized spacial score (nSPS) is 12.0. The van der Waals surface area contributed by atoms with Gasteiger partial charge in [-0.25, -0.2) is 11.6 Å². The number of fused-ring (bicyclic) bond motifs is 1. The first-order valence-electron chi connectivity index (χ1n) is 6.19.